The topological polar surface area (TPSA) is 51.6 Å². The summed E-state index contributed by atoms with van der Waals surface area (Å²) in [5.74, 6) is 0. The first-order chi connectivity index (χ1) is 16.4. The van der Waals surface area contributed by atoms with Crippen molar-refractivity contribution < 1.29 is 0 Å². The summed E-state index contributed by atoms with van der Waals surface area (Å²) in [5.41, 5.74) is 6.77. The Morgan fingerprint density at radius 3 is 1.64 bits per heavy atom. The lowest BCUT2D eigenvalue weighted by Crippen LogP contribution is -2.64. The molecule has 6 heteroatoms. The van der Waals surface area contributed by atoms with Gasteiger partial charge in [-0.05, 0) is 47.5 Å². The second kappa shape index (κ2) is 7.12. The number of hydrogen-bond donors (Lipinski definition) is 0. The minimum Gasteiger partial charge on any atom is -0.270 e. The van der Waals surface area contributed by atoms with Gasteiger partial charge in [0.2, 0.25) is 0 Å². The normalized spacial score (nSPS) is 14.7. The quantitative estimate of drug-likeness (QED) is 0.368. The first-order valence-electron chi connectivity index (χ1n) is 10.9. The van der Waals surface area contributed by atoms with Crippen LogP contribution in [0, 0.1) is 0 Å². The van der Waals surface area contributed by atoms with Crippen LogP contribution in [0.25, 0.3) is 0 Å². The highest BCUT2D eigenvalue weighted by Crippen LogP contribution is 2.53. The molecule has 33 heavy (non-hydrogen) atoms. The molecule has 4 nitrogen and oxygen atoms in total. The van der Waals surface area contributed by atoms with Crippen molar-refractivity contribution in [2.45, 2.75) is 15.2 Å². The van der Waals surface area contributed by atoms with E-state index in [9.17, 15) is 0 Å². The van der Waals surface area contributed by atoms with Gasteiger partial charge in [0.1, 0.15) is 5.41 Å². The van der Waals surface area contributed by atoms with Crippen LogP contribution in [0.3, 0.4) is 0 Å². The Labute approximate surface area is 196 Å². The molecule has 1 aromatic carbocycles. The maximum Gasteiger partial charge on any atom is 0.289 e. The van der Waals surface area contributed by atoms with Gasteiger partial charge in [0.05, 0.1) is 11.4 Å². The largest absolute Gasteiger partial charge is 0.289 e. The van der Waals surface area contributed by atoms with Gasteiger partial charge in [0.25, 0.3) is 6.71 Å². The molecule has 2 aliphatic rings. The molecule has 0 N–H and O–H groups in total. The molecule has 0 radical (unpaired) electrons. The second-order valence-electron chi connectivity index (χ2n) is 8.27. The SMILES string of the molecule is c1ccc(B2c3ncccc3C3(c4cccnc42)c2ncccc2Sc2cccnc23)cc1. The summed E-state index contributed by atoms with van der Waals surface area (Å²) in [7, 11) is 0. The van der Waals surface area contributed by atoms with E-state index in [2.05, 4.69) is 48.5 Å². The molecule has 2 aliphatic heterocycles. The Bertz CT molecular complexity index is 1430. The average molecular weight is 440 g/mol. The third-order valence-corrected chi connectivity index (χ3v) is 7.74. The van der Waals surface area contributed by atoms with Crippen molar-refractivity contribution >= 4 is 35.1 Å². The van der Waals surface area contributed by atoms with Crippen LogP contribution in [0.5, 0.6) is 0 Å². The van der Waals surface area contributed by atoms with Crippen LogP contribution in [0.1, 0.15) is 22.5 Å². The second-order valence-corrected chi connectivity index (χ2v) is 9.35. The van der Waals surface area contributed by atoms with E-state index in [0.29, 0.717) is 0 Å². The molecule has 0 unspecified atom stereocenters. The summed E-state index contributed by atoms with van der Waals surface area (Å²) >= 11 is 1.73. The zero-order valence-electron chi connectivity index (χ0n) is 17.6. The zero-order valence-corrected chi connectivity index (χ0v) is 18.4. The molecule has 0 saturated heterocycles. The number of aromatic nitrogens is 4. The molecule has 0 amide bonds. The van der Waals surface area contributed by atoms with Gasteiger partial charge in [0, 0.05) is 45.8 Å². The molecule has 0 atom stereocenters. The number of fused-ring (bicyclic) bond motifs is 8. The fourth-order valence-corrected chi connectivity index (χ4v) is 6.55. The molecule has 154 valence electrons. The summed E-state index contributed by atoms with van der Waals surface area (Å²) < 4.78 is 0. The van der Waals surface area contributed by atoms with Gasteiger partial charge in [-0.2, -0.15) is 0 Å². The predicted octanol–water partition coefficient (Wildman–Crippen LogP) is 2.94. The van der Waals surface area contributed by atoms with Gasteiger partial charge < -0.3 is 0 Å². The lowest BCUT2D eigenvalue weighted by molar-refractivity contribution is 0.644. The number of nitrogens with zero attached hydrogens (tertiary/aromatic N) is 4. The van der Waals surface area contributed by atoms with Crippen LogP contribution in [-0.2, 0) is 5.41 Å². The van der Waals surface area contributed by atoms with Crippen molar-refractivity contribution in [3.8, 4) is 0 Å². The molecular weight excluding hydrogens is 423 g/mol. The van der Waals surface area contributed by atoms with Crippen LogP contribution < -0.4 is 16.6 Å². The fraction of sp³-hybridized carbons (Fsp3) is 0.0370. The van der Waals surface area contributed by atoms with E-state index < -0.39 is 5.41 Å². The Balaban J connectivity index is 1.67. The Kier molecular flexibility index (Phi) is 4.05. The van der Waals surface area contributed by atoms with E-state index in [4.69, 9.17) is 19.9 Å². The molecule has 0 bridgehead atoms. The molecule has 0 fully saturated rings. The van der Waals surface area contributed by atoms with Crippen molar-refractivity contribution in [1.29, 1.82) is 0 Å². The Hall–Kier alpha value is -3.77. The lowest BCUT2D eigenvalue weighted by Gasteiger charge is -2.44. The van der Waals surface area contributed by atoms with Gasteiger partial charge in [-0.25, -0.2) is 0 Å². The third kappa shape index (κ3) is 2.50. The van der Waals surface area contributed by atoms with E-state index in [1.54, 1.807) is 11.8 Å². The molecule has 1 spiro atoms. The monoisotopic (exact) mass is 440 g/mol. The molecule has 6 heterocycles. The van der Waals surface area contributed by atoms with Gasteiger partial charge in [-0.3, -0.25) is 19.9 Å². The zero-order chi connectivity index (χ0) is 21.8. The number of hydrogen-bond acceptors (Lipinski definition) is 5. The molecule has 7 rings (SSSR count). The lowest BCUT2D eigenvalue weighted by atomic mass is 9.34. The highest BCUT2D eigenvalue weighted by atomic mass is 32.2. The summed E-state index contributed by atoms with van der Waals surface area (Å²) in [6, 6.07) is 27.3. The van der Waals surface area contributed by atoms with Crippen molar-refractivity contribution in [2.24, 2.45) is 0 Å². The van der Waals surface area contributed by atoms with Gasteiger partial charge in [-0.15, -0.1) is 0 Å². The molecule has 5 aromatic rings. The van der Waals surface area contributed by atoms with Crippen molar-refractivity contribution in [1.82, 2.24) is 19.9 Å². The highest BCUT2D eigenvalue weighted by Gasteiger charge is 2.54. The number of rotatable bonds is 1. The molecule has 0 saturated carbocycles. The van der Waals surface area contributed by atoms with Gasteiger partial charge in [-0.1, -0.05) is 59.7 Å². The summed E-state index contributed by atoms with van der Waals surface area (Å²) in [5, 5.41) is 0. The molecule has 0 aliphatic carbocycles. The fourth-order valence-electron chi connectivity index (χ4n) is 5.42. The van der Waals surface area contributed by atoms with E-state index in [1.807, 2.05) is 55.1 Å². The van der Waals surface area contributed by atoms with Crippen molar-refractivity contribution in [3.63, 3.8) is 0 Å². The number of pyridine rings is 4. The van der Waals surface area contributed by atoms with E-state index in [-0.39, 0.29) is 6.71 Å². The average Bonchev–Trinajstić information content (AvgIpc) is 2.89. The summed E-state index contributed by atoms with van der Waals surface area (Å²) in [6.07, 6.45) is 7.52. The van der Waals surface area contributed by atoms with E-state index >= 15 is 0 Å². The Morgan fingerprint density at radius 2 is 1.06 bits per heavy atom. The third-order valence-electron chi connectivity index (χ3n) is 6.64. The van der Waals surface area contributed by atoms with Crippen LogP contribution in [0.15, 0.2) is 113 Å². The molecular formula is C27H17BN4S. The van der Waals surface area contributed by atoms with Gasteiger partial charge in [0.15, 0.2) is 0 Å². The van der Waals surface area contributed by atoms with Crippen LogP contribution in [-0.4, -0.2) is 26.6 Å². The summed E-state index contributed by atoms with van der Waals surface area (Å²) in [4.78, 5) is 22.2. The Morgan fingerprint density at radius 1 is 0.545 bits per heavy atom. The first-order valence-corrected chi connectivity index (χ1v) is 11.8. The maximum atomic E-state index is 4.97. The maximum absolute atomic E-state index is 4.97. The van der Waals surface area contributed by atoms with Crippen molar-refractivity contribution in [3.05, 3.63) is 126 Å². The predicted molar refractivity (Wildman–Crippen MR) is 131 cm³/mol. The van der Waals surface area contributed by atoms with E-state index in [1.165, 1.54) is 5.46 Å². The highest BCUT2D eigenvalue weighted by molar-refractivity contribution is 7.99. The minimum absolute atomic E-state index is 0.0573. The summed E-state index contributed by atoms with van der Waals surface area (Å²) in [6.45, 7) is -0.0573. The molecule has 4 aromatic heterocycles. The minimum atomic E-state index is -0.670. The van der Waals surface area contributed by atoms with Crippen molar-refractivity contribution in [2.75, 3.05) is 0 Å². The standard InChI is InChI=1S/C27H17BN4S/c1-2-8-18(9-3-1)28-25-19(10-4-16-31-25)27(20-11-5-17-32-26(20)28)23-21(12-6-14-29-23)33-22-13-7-15-30-24(22)27/h1-17H. The number of benzene rings is 1. The van der Waals surface area contributed by atoms with Crippen LogP contribution >= 0.6 is 11.8 Å². The van der Waals surface area contributed by atoms with Gasteiger partial charge >= 0.3 is 0 Å². The van der Waals surface area contributed by atoms with Crippen LogP contribution in [0.4, 0.5) is 0 Å². The smallest absolute Gasteiger partial charge is 0.270 e. The van der Waals surface area contributed by atoms with Crippen LogP contribution in [0.2, 0.25) is 0 Å². The first kappa shape index (κ1) is 18.8. The van der Waals surface area contributed by atoms with E-state index in [0.717, 1.165) is 43.5 Å².